The topological polar surface area (TPSA) is 82.1 Å². The summed E-state index contributed by atoms with van der Waals surface area (Å²) in [6, 6.07) is 5.02. The third kappa shape index (κ3) is 4.30. The molecule has 0 aliphatic carbocycles. The molecule has 0 radical (unpaired) electrons. The van der Waals surface area contributed by atoms with E-state index in [1.54, 1.807) is 25.1 Å². The van der Waals surface area contributed by atoms with Crippen LogP contribution in [0.2, 0.25) is 0 Å². The maximum absolute atomic E-state index is 13.3. The van der Waals surface area contributed by atoms with Crippen molar-refractivity contribution >= 4 is 28.6 Å². The van der Waals surface area contributed by atoms with Crippen LogP contribution in [0.1, 0.15) is 53.0 Å². The molecule has 2 aliphatic heterocycles. The SMILES string of the molecule is CCOC(=O)C1CCCN(S(=O)(=O)c2ccc(C)c(B3OC(C)(C)C(C)(C)O3)c2)C1. The summed E-state index contributed by atoms with van der Waals surface area (Å²) in [7, 11) is -4.40. The van der Waals surface area contributed by atoms with Gasteiger partial charge in [-0.3, -0.25) is 4.79 Å². The van der Waals surface area contributed by atoms with E-state index in [-0.39, 0.29) is 24.0 Å². The fraction of sp³-hybridized carbons (Fsp3) is 0.667. The summed E-state index contributed by atoms with van der Waals surface area (Å²) in [6.07, 6.45) is 1.26. The predicted molar refractivity (Wildman–Crippen MR) is 115 cm³/mol. The average molecular weight is 437 g/mol. The molecule has 9 heteroatoms. The van der Waals surface area contributed by atoms with Gasteiger partial charge in [0, 0.05) is 13.1 Å². The number of hydrogen-bond acceptors (Lipinski definition) is 6. The molecule has 3 rings (SSSR count). The molecular formula is C21H32BNO6S. The van der Waals surface area contributed by atoms with Crippen molar-refractivity contribution in [2.24, 2.45) is 5.92 Å². The average Bonchev–Trinajstić information content (AvgIpc) is 2.89. The molecule has 0 saturated carbocycles. The Hall–Kier alpha value is -1.42. The highest BCUT2D eigenvalue weighted by atomic mass is 32.2. The number of hydrogen-bond donors (Lipinski definition) is 0. The van der Waals surface area contributed by atoms with Crippen molar-refractivity contribution in [3.05, 3.63) is 23.8 Å². The van der Waals surface area contributed by atoms with E-state index in [9.17, 15) is 13.2 Å². The van der Waals surface area contributed by atoms with Crippen molar-refractivity contribution < 1.29 is 27.3 Å². The third-order valence-corrected chi connectivity index (χ3v) is 8.26. The third-order valence-electron chi connectivity index (χ3n) is 6.40. The second-order valence-electron chi connectivity index (χ2n) is 9.06. The maximum Gasteiger partial charge on any atom is 0.495 e. The Morgan fingerprint density at radius 2 is 1.87 bits per heavy atom. The molecule has 0 amide bonds. The predicted octanol–water partition coefficient (Wildman–Crippen LogP) is 2.26. The van der Waals surface area contributed by atoms with Crippen molar-refractivity contribution in [3.63, 3.8) is 0 Å². The normalized spacial score (nSPS) is 24.1. The zero-order valence-electron chi connectivity index (χ0n) is 18.7. The number of benzene rings is 1. The van der Waals surface area contributed by atoms with Gasteiger partial charge in [-0.1, -0.05) is 11.6 Å². The van der Waals surface area contributed by atoms with Crippen LogP contribution in [0.25, 0.3) is 0 Å². The van der Waals surface area contributed by atoms with Crippen molar-refractivity contribution in [2.45, 2.75) is 70.5 Å². The molecule has 0 aromatic heterocycles. The van der Waals surface area contributed by atoms with Crippen LogP contribution in [0.3, 0.4) is 0 Å². The molecule has 2 saturated heterocycles. The van der Waals surface area contributed by atoms with Crippen molar-refractivity contribution in [1.82, 2.24) is 4.31 Å². The van der Waals surface area contributed by atoms with Crippen molar-refractivity contribution in [3.8, 4) is 0 Å². The maximum atomic E-state index is 13.3. The van der Waals surface area contributed by atoms with Gasteiger partial charge in [-0.25, -0.2) is 8.42 Å². The largest absolute Gasteiger partial charge is 0.495 e. The molecule has 1 aromatic rings. The molecule has 0 N–H and O–H groups in total. The molecule has 166 valence electrons. The van der Waals surface area contributed by atoms with Gasteiger partial charge in [0.2, 0.25) is 10.0 Å². The van der Waals surface area contributed by atoms with E-state index >= 15 is 0 Å². The molecule has 2 heterocycles. The van der Waals surface area contributed by atoms with E-state index in [2.05, 4.69) is 0 Å². The summed E-state index contributed by atoms with van der Waals surface area (Å²) < 4.78 is 45.4. The number of aryl methyl sites for hydroxylation is 1. The van der Waals surface area contributed by atoms with Crippen LogP contribution in [0.5, 0.6) is 0 Å². The molecule has 1 atom stereocenters. The number of rotatable bonds is 5. The number of nitrogens with zero attached hydrogens (tertiary/aromatic N) is 1. The van der Waals surface area contributed by atoms with Crippen LogP contribution in [0, 0.1) is 12.8 Å². The zero-order chi connectivity index (χ0) is 22.3. The van der Waals surface area contributed by atoms with E-state index in [0.717, 1.165) is 5.56 Å². The first-order valence-electron chi connectivity index (χ1n) is 10.5. The zero-order valence-corrected chi connectivity index (χ0v) is 19.5. The summed E-state index contributed by atoms with van der Waals surface area (Å²) in [5.41, 5.74) is 0.571. The second kappa shape index (κ2) is 8.26. The highest BCUT2D eigenvalue weighted by molar-refractivity contribution is 7.89. The molecule has 1 unspecified atom stereocenters. The van der Waals surface area contributed by atoms with E-state index in [1.165, 1.54) is 4.31 Å². The summed E-state index contributed by atoms with van der Waals surface area (Å²) in [4.78, 5) is 12.3. The molecule has 7 nitrogen and oxygen atoms in total. The first kappa shape index (κ1) is 23.3. The molecule has 1 aromatic carbocycles. The van der Waals surface area contributed by atoms with Crippen molar-refractivity contribution in [1.29, 1.82) is 0 Å². The van der Waals surface area contributed by atoms with Crippen LogP contribution in [-0.2, 0) is 28.9 Å². The number of ether oxygens (including phenoxy) is 1. The molecule has 30 heavy (non-hydrogen) atoms. The van der Waals surface area contributed by atoms with Gasteiger partial charge in [0.1, 0.15) is 0 Å². The van der Waals surface area contributed by atoms with Crippen molar-refractivity contribution in [2.75, 3.05) is 19.7 Å². The standard InChI is InChI=1S/C21H32BNO6S/c1-7-27-19(24)16-9-8-12-23(14-16)30(25,26)17-11-10-15(2)18(13-17)22-28-20(3,4)21(5,6)29-22/h10-11,13,16H,7-9,12,14H2,1-6H3. The number of sulfonamides is 1. The second-order valence-corrected chi connectivity index (χ2v) is 11.0. The lowest BCUT2D eigenvalue weighted by atomic mass is 9.76. The Morgan fingerprint density at radius 3 is 2.47 bits per heavy atom. The Kier molecular flexibility index (Phi) is 6.40. The van der Waals surface area contributed by atoms with E-state index in [0.29, 0.717) is 24.8 Å². The van der Waals surface area contributed by atoms with Gasteiger partial charge in [0.05, 0.1) is 28.6 Å². The number of carbonyl (C=O) groups excluding carboxylic acids is 1. The fourth-order valence-corrected chi connectivity index (χ4v) is 5.32. The molecule has 0 spiro atoms. The molecule has 2 fully saturated rings. The van der Waals surface area contributed by atoms with Crippen LogP contribution in [0.4, 0.5) is 0 Å². The van der Waals surface area contributed by atoms with E-state index < -0.39 is 34.3 Å². The van der Waals surface area contributed by atoms with E-state index in [4.69, 9.17) is 14.0 Å². The van der Waals surface area contributed by atoms with Gasteiger partial charge in [0.25, 0.3) is 0 Å². The lowest BCUT2D eigenvalue weighted by molar-refractivity contribution is -0.149. The highest BCUT2D eigenvalue weighted by Crippen LogP contribution is 2.37. The van der Waals surface area contributed by atoms with Gasteiger partial charge in [-0.2, -0.15) is 4.31 Å². The van der Waals surface area contributed by atoms with E-state index in [1.807, 2.05) is 34.6 Å². The van der Waals surface area contributed by atoms with Gasteiger partial charge >= 0.3 is 13.1 Å². The molecule has 2 aliphatic rings. The van der Waals surface area contributed by atoms with Crippen LogP contribution < -0.4 is 5.46 Å². The minimum atomic E-state index is -3.76. The van der Waals surface area contributed by atoms with Gasteiger partial charge < -0.3 is 14.0 Å². The van der Waals surface area contributed by atoms with Crippen LogP contribution >= 0.6 is 0 Å². The Balaban J connectivity index is 1.87. The monoisotopic (exact) mass is 437 g/mol. The highest BCUT2D eigenvalue weighted by Gasteiger charge is 2.52. The lowest BCUT2D eigenvalue weighted by Gasteiger charge is -2.32. The minimum Gasteiger partial charge on any atom is -0.466 e. The van der Waals surface area contributed by atoms with Gasteiger partial charge in [-0.05, 0) is 72.0 Å². The smallest absolute Gasteiger partial charge is 0.466 e. The van der Waals surface area contributed by atoms with Gasteiger partial charge in [-0.15, -0.1) is 0 Å². The van der Waals surface area contributed by atoms with Gasteiger partial charge in [0.15, 0.2) is 0 Å². The molecule has 0 bridgehead atoms. The van der Waals surface area contributed by atoms with Crippen LogP contribution in [-0.4, -0.2) is 56.7 Å². The summed E-state index contributed by atoms with van der Waals surface area (Å²) in [6.45, 7) is 12.3. The Morgan fingerprint density at radius 1 is 1.23 bits per heavy atom. The molecular weight excluding hydrogens is 405 g/mol. The first-order chi connectivity index (χ1) is 13.9. The summed E-state index contributed by atoms with van der Waals surface area (Å²) in [5, 5.41) is 0. The first-order valence-corrected chi connectivity index (χ1v) is 12.0. The lowest BCUT2D eigenvalue weighted by Crippen LogP contribution is -2.43. The van der Waals surface area contributed by atoms with Crippen LogP contribution in [0.15, 0.2) is 23.1 Å². The number of esters is 1. The Labute approximate surface area is 180 Å². The number of piperidine rings is 1. The fourth-order valence-electron chi connectivity index (χ4n) is 3.77. The Bertz CT molecular complexity index is 898. The number of carbonyl (C=O) groups is 1. The minimum absolute atomic E-state index is 0.140. The summed E-state index contributed by atoms with van der Waals surface area (Å²) >= 11 is 0. The quantitative estimate of drug-likeness (QED) is 0.519. The summed E-state index contributed by atoms with van der Waals surface area (Å²) in [5.74, 6) is -0.763.